The molecule has 0 saturated heterocycles. The van der Waals surface area contributed by atoms with E-state index in [2.05, 4.69) is 5.32 Å². The lowest BCUT2D eigenvalue weighted by molar-refractivity contribution is 0.0947. The highest BCUT2D eigenvalue weighted by atomic mass is 16.5. The van der Waals surface area contributed by atoms with Gasteiger partial charge < -0.3 is 19.9 Å². The molecule has 0 bridgehead atoms. The van der Waals surface area contributed by atoms with Crippen LogP contribution in [0.15, 0.2) is 36.4 Å². The van der Waals surface area contributed by atoms with Gasteiger partial charge in [-0.15, -0.1) is 0 Å². The Morgan fingerprint density at radius 2 is 2.16 bits per heavy atom. The van der Waals surface area contributed by atoms with Gasteiger partial charge in [0.2, 0.25) is 0 Å². The Labute approximate surface area is 145 Å². The van der Waals surface area contributed by atoms with E-state index in [4.69, 9.17) is 9.47 Å². The van der Waals surface area contributed by atoms with E-state index >= 15 is 0 Å². The standard InChI is InChI=1S/C19H19NO5/c1-20-19(23)15-7-11(9-21)6-14-17(16(10-22)25-18(14)15)12-4-3-5-13(8-12)24-2/h3-9,16-17,22H,10H2,1-2H3,(H,20,23)/t16?,17-/m0/s1. The molecule has 0 aromatic heterocycles. The van der Waals surface area contributed by atoms with E-state index in [0.29, 0.717) is 28.9 Å². The van der Waals surface area contributed by atoms with E-state index in [0.717, 1.165) is 5.56 Å². The number of carbonyl (C=O) groups is 2. The molecule has 0 radical (unpaired) electrons. The van der Waals surface area contributed by atoms with Crippen molar-refractivity contribution in [2.24, 2.45) is 0 Å². The van der Waals surface area contributed by atoms with Crippen molar-refractivity contribution in [2.45, 2.75) is 12.0 Å². The Morgan fingerprint density at radius 1 is 1.36 bits per heavy atom. The van der Waals surface area contributed by atoms with Gasteiger partial charge in [0.1, 0.15) is 23.9 Å². The minimum Gasteiger partial charge on any atom is -0.497 e. The fourth-order valence-electron chi connectivity index (χ4n) is 3.20. The zero-order chi connectivity index (χ0) is 18.0. The predicted molar refractivity (Wildman–Crippen MR) is 91.6 cm³/mol. The van der Waals surface area contributed by atoms with Crippen molar-refractivity contribution in [3.63, 3.8) is 0 Å². The lowest BCUT2D eigenvalue weighted by Gasteiger charge is -2.18. The van der Waals surface area contributed by atoms with Gasteiger partial charge >= 0.3 is 0 Å². The molecule has 2 atom stereocenters. The van der Waals surface area contributed by atoms with Crippen LogP contribution in [-0.4, -0.2) is 44.2 Å². The van der Waals surface area contributed by atoms with E-state index in [1.54, 1.807) is 13.2 Å². The van der Waals surface area contributed by atoms with E-state index in [-0.39, 0.29) is 24.0 Å². The molecule has 0 spiro atoms. The fourth-order valence-corrected chi connectivity index (χ4v) is 3.20. The monoisotopic (exact) mass is 341 g/mol. The van der Waals surface area contributed by atoms with Crippen LogP contribution in [0.4, 0.5) is 0 Å². The lowest BCUT2D eigenvalue weighted by atomic mass is 9.86. The van der Waals surface area contributed by atoms with Crippen molar-refractivity contribution in [1.82, 2.24) is 5.32 Å². The van der Waals surface area contributed by atoms with Gasteiger partial charge in [-0.3, -0.25) is 9.59 Å². The van der Waals surface area contributed by atoms with Crippen molar-refractivity contribution in [3.05, 3.63) is 58.7 Å². The fraction of sp³-hybridized carbons (Fsp3) is 0.263. The number of nitrogens with one attached hydrogen (secondary N) is 1. The average molecular weight is 341 g/mol. The number of hydrogen-bond acceptors (Lipinski definition) is 5. The van der Waals surface area contributed by atoms with Gasteiger partial charge in [-0.2, -0.15) is 0 Å². The number of aliphatic hydroxyl groups excluding tert-OH is 1. The molecule has 2 aromatic carbocycles. The highest BCUT2D eigenvalue weighted by molar-refractivity contribution is 5.99. The van der Waals surface area contributed by atoms with Crippen LogP contribution in [0.5, 0.6) is 11.5 Å². The third-order valence-corrected chi connectivity index (χ3v) is 4.36. The molecule has 0 aliphatic carbocycles. The van der Waals surface area contributed by atoms with Crippen molar-refractivity contribution >= 4 is 12.2 Å². The molecule has 25 heavy (non-hydrogen) atoms. The highest BCUT2D eigenvalue weighted by Gasteiger charge is 2.38. The molecule has 2 aromatic rings. The summed E-state index contributed by atoms with van der Waals surface area (Å²) in [4.78, 5) is 23.5. The number of aldehydes is 1. The van der Waals surface area contributed by atoms with E-state index < -0.39 is 6.10 Å². The first-order valence-electron chi connectivity index (χ1n) is 7.89. The maximum atomic E-state index is 12.2. The van der Waals surface area contributed by atoms with Crippen molar-refractivity contribution in [1.29, 1.82) is 0 Å². The number of aliphatic hydroxyl groups is 1. The number of fused-ring (bicyclic) bond motifs is 1. The number of amides is 1. The molecule has 6 nitrogen and oxygen atoms in total. The molecule has 0 fully saturated rings. The Kier molecular flexibility index (Phi) is 4.72. The smallest absolute Gasteiger partial charge is 0.254 e. The van der Waals surface area contributed by atoms with Crippen LogP contribution in [-0.2, 0) is 0 Å². The van der Waals surface area contributed by atoms with Crippen LogP contribution >= 0.6 is 0 Å². The molecule has 1 aliphatic heterocycles. The average Bonchev–Trinajstić information content (AvgIpc) is 3.04. The second-order valence-electron chi connectivity index (χ2n) is 5.78. The van der Waals surface area contributed by atoms with Crippen molar-refractivity contribution < 1.29 is 24.2 Å². The lowest BCUT2D eigenvalue weighted by Crippen LogP contribution is -2.24. The number of carbonyl (C=O) groups excluding carboxylic acids is 2. The summed E-state index contributed by atoms with van der Waals surface area (Å²) in [6.07, 6.45) is 0.147. The first-order valence-corrected chi connectivity index (χ1v) is 7.89. The van der Waals surface area contributed by atoms with Gasteiger partial charge in [0, 0.05) is 18.2 Å². The van der Waals surface area contributed by atoms with Gasteiger partial charge in [-0.1, -0.05) is 12.1 Å². The molecular weight excluding hydrogens is 322 g/mol. The number of rotatable bonds is 5. The quantitative estimate of drug-likeness (QED) is 0.810. The van der Waals surface area contributed by atoms with Crippen LogP contribution in [0, 0.1) is 0 Å². The first-order chi connectivity index (χ1) is 12.1. The molecule has 3 rings (SSSR count). The van der Waals surface area contributed by atoms with Crippen LogP contribution in [0.2, 0.25) is 0 Å². The van der Waals surface area contributed by atoms with Gasteiger partial charge in [-0.25, -0.2) is 0 Å². The molecule has 130 valence electrons. The normalized spacial score (nSPS) is 18.2. The topological polar surface area (TPSA) is 84.9 Å². The zero-order valence-electron chi connectivity index (χ0n) is 14.0. The highest BCUT2D eigenvalue weighted by Crippen LogP contribution is 2.45. The number of ether oxygens (including phenoxy) is 2. The summed E-state index contributed by atoms with van der Waals surface area (Å²) in [6, 6.07) is 10.6. The second-order valence-corrected chi connectivity index (χ2v) is 5.78. The third kappa shape index (κ3) is 2.96. The van der Waals surface area contributed by atoms with E-state index in [1.165, 1.54) is 13.1 Å². The maximum absolute atomic E-state index is 12.2. The summed E-state index contributed by atoms with van der Waals surface area (Å²) < 4.78 is 11.2. The van der Waals surface area contributed by atoms with Gasteiger partial charge in [0.15, 0.2) is 0 Å². The second kappa shape index (κ2) is 6.94. The van der Waals surface area contributed by atoms with E-state index in [9.17, 15) is 14.7 Å². The Bertz CT molecular complexity index is 817. The van der Waals surface area contributed by atoms with Gasteiger partial charge in [0.05, 0.1) is 25.2 Å². The Balaban J connectivity index is 2.19. The summed E-state index contributed by atoms with van der Waals surface area (Å²) in [5, 5.41) is 12.3. The third-order valence-electron chi connectivity index (χ3n) is 4.36. The SMILES string of the molecule is CNC(=O)c1cc(C=O)cc2c1OC(CO)[C@H]2c1cccc(OC)c1. The van der Waals surface area contributed by atoms with Crippen LogP contribution in [0.25, 0.3) is 0 Å². The minimum atomic E-state index is -0.549. The molecule has 1 heterocycles. The molecule has 0 saturated carbocycles. The molecule has 2 N–H and O–H groups in total. The number of methoxy groups -OCH3 is 1. The predicted octanol–water partition coefficient (Wildman–Crippen LogP) is 1.75. The summed E-state index contributed by atoms with van der Waals surface area (Å²) in [5.74, 6) is 0.430. The van der Waals surface area contributed by atoms with E-state index in [1.807, 2.05) is 24.3 Å². The van der Waals surface area contributed by atoms with Crippen LogP contribution in [0.1, 0.15) is 37.8 Å². The summed E-state index contributed by atoms with van der Waals surface area (Å²) in [6.45, 7) is -0.222. The molecule has 1 unspecified atom stereocenters. The van der Waals surface area contributed by atoms with Gasteiger partial charge in [-0.05, 0) is 29.8 Å². The minimum absolute atomic E-state index is 0.222. The van der Waals surface area contributed by atoms with Crippen LogP contribution < -0.4 is 14.8 Å². The Hall–Kier alpha value is -2.86. The molecule has 1 amide bonds. The van der Waals surface area contributed by atoms with Gasteiger partial charge in [0.25, 0.3) is 5.91 Å². The van der Waals surface area contributed by atoms with Crippen LogP contribution in [0.3, 0.4) is 0 Å². The summed E-state index contributed by atoms with van der Waals surface area (Å²) >= 11 is 0. The molecule has 1 aliphatic rings. The van der Waals surface area contributed by atoms with Crippen molar-refractivity contribution in [2.75, 3.05) is 20.8 Å². The largest absolute Gasteiger partial charge is 0.497 e. The summed E-state index contributed by atoms with van der Waals surface area (Å²) in [5.41, 5.74) is 2.25. The van der Waals surface area contributed by atoms with Crippen molar-refractivity contribution in [3.8, 4) is 11.5 Å². The Morgan fingerprint density at radius 3 is 2.80 bits per heavy atom. The number of benzene rings is 2. The molecular formula is C19H19NO5. The first kappa shape index (κ1) is 17.0. The maximum Gasteiger partial charge on any atom is 0.254 e. The molecule has 6 heteroatoms. The zero-order valence-corrected chi connectivity index (χ0v) is 14.0. The number of hydrogen-bond donors (Lipinski definition) is 2. The summed E-state index contributed by atoms with van der Waals surface area (Å²) in [7, 11) is 3.09.